The second-order valence-corrected chi connectivity index (χ2v) is 7.96. The highest BCUT2D eigenvalue weighted by Gasteiger charge is 2.13. The molecule has 1 aromatic carbocycles. The Kier molecular flexibility index (Phi) is 8.42. The van der Waals surface area contributed by atoms with E-state index in [0.717, 1.165) is 34.4 Å². The molecular weight excluding hydrogens is 366 g/mol. The summed E-state index contributed by atoms with van der Waals surface area (Å²) in [4.78, 5) is 17.7. The van der Waals surface area contributed by atoms with Gasteiger partial charge in [-0.2, -0.15) is 0 Å². The first-order valence-corrected chi connectivity index (χ1v) is 10.3. The van der Waals surface area contributed by atoms with Gasteiger partial charge in [-0.3, -0.25) is 4.90 Å². The van der Waals surface area contributed by atoms with Gasteiger partial charge in [-0.15, -0.1) is 11.3 Å². The number of carbonyl (C=O) groups is 1. The molecule has 0 aliphatic rings. The van der Waals surface area contributed by atoms with E-state index in [1.165, 1.54) is 16.9 Å². The molecule has 0 saturated carbocycles. The van der Waals surface area contributed by atoms with Crippen molar-refractivity contribution in [2.75, 3.05) is 19.6 Å². The van der Waals surface area contributed by atoms with Crippen LogP contribution < -0.4 is 5.32 Å². The van der Waals surface area contributed by atoms with Gasteiger partial charge in [-0.1, -0.05) is 49.7 Å². The minimum absolute atomic E-state index is 0.0516. The van der Waals surface area contributed by atoms with Gasteiger partial charge in [0, 0.05) is 24.5 Å². The van der Waals surface area contributed by atoms with Crippen LogP contribution in [0.3, 0.4) is 0 Å². The van der Waals surface area contributed by atoms with Crippen molar-refractivity contribution in [1.29, 1.82) is 0 Å². The summed E-state index contributed by atoms with van der Waals surface area (Å²) < 4.78 is 0.751. The number of halogens is 1. The molecule has 142 valence electrons. The van der Waals surface area contributed by atoms with E-state index in [1.54, 1.807) is 4.90 Å². The van der Waals surface area contributed by atoms with Crippen molar-refractivity contribution < 1.29 is 4.79 Å². The molecule has 2 rings (SSSR count). The number of hydrogen-bond donors (Lipinski definition) is 1. The van der Waals surface area contributed by atoms with Gasteiger partial charge in [-0.05, 0) is 43.3 Å². The summed E-state index contributed by atoms with van der Waals surface area (Å²) in [6.07, 6.45) is 0. The highest BCUT2D eigenvalue weighted by atomic mass is 35.5. The lowest BCUT2D eigenvalue weighted by atomic mass is 10.1. The third kappa shape index (κ3) is 6.31. The van der Waals surface area contributed by atoms with Crippen molar-refractivity contribution in [2.24, 2.45) is 0 Å². The quantitative estimate of drug-likeness (QED) is 0.652. The molecule has 0 aliphatic carbocycles. The van der Waals surface area contributed by atoms with Crippen molar-refractivity contribution in [3.63, 3.8) is 0 Å². The largest absolute Gasteiger partial charge is 0.334 e. The third-order valence-corrected chi connectivity index (χ3v) is 5.63. The van der Waals surface area contributed by atoms with Crippen LogP contribution in [-0.2, 0) is 19.6 Å². The molecule has 0 saturated heterocycles. The lowest BCUT2D eigenvalue weighted by Gasteiger charge is -2.21. The van der Waals surface area contributed by atoms with Crippen molar-refractivity contribution >= 4 is 29.0 Å². The highest BCUT2D eigenvalue weighted by Crippen LogP contribution is 2.22. The molecule has 6 heteroatoms. The lowest BCUT2D eigenvalue weighted by molar-refractivity contribution is 0.198. The fourth-order valence-corrected chi connectivity index (χ4v) is 3.81. The number of rotatable bonds is 9. The molecule has 4 nitrogen and oxygen atoms in total. The summed E-state index contributed by atoms with van der Waals surface area (Å²) in [6.45, 7) is 11.2. The number of hydrogen-bond acceptors (Lipinski definition) is 3. The number of nitrogens with one attached hydrogen (secondary N) is 1. The van der Waals surface area contributed by atoms with Gasteiger partial charge >= 0.3 is 6.03 Å². The highest BCUT2D eigenvalue weighted by molar-refractivity contribution is 7.16. The molecule has 0 spiro atoms. The van der Waals surface area contributed by atoms with E-state index in [-0.39, 0.29) is 6.03 Å². The van der Waals surface area contributed by atoms with E-state index in [2.05, 4.69) is 48.3 Å². The van der Waals surface area contributed by atoms with Gasteiger partial charge in [-0.25, -0.2) is 4.79 Å². The van der Waals surface area contributed by atoms with Crippen LogP contribution in [0.4, 0.5) is 4.79 Å². The first kappa shape index (κ1) is 20.7. The van der Waals surface area contributed by atoms with E-state index in [4.69, 9.17) is 11.6 Å². The van der Waals surface area contributed by atoms with Gasteiger partial charge in [0.25, 0.3) is 0 Å². The van der Waals surface area contributed by atoms with Crippen LogP contribution in [0.2, 0.25) is 4.34 Å². The number of thiophene rings is 1. The van der Waals surface area contributed by atoms with E-state index in [9.17, 15) is 4.79 Å². The Hall–Kier alpha value is -1.56. The molecule has 0 radical (unpaired) electrons. The molecule has 0 fully saturated rings. The lowest BCUT2D eigenvalue weighted by Crippen LogP contribution is -2.38. The monoisotopic (exact) mass is 393 g/mol. The smallest absolute Gasteiger partial charge is 0.317 e. The molecule has 1 heterocycles. The summed E-state index contributed by atoms with van der Waals surface area (Å²) in [5.41, 5.74) is 2.41. The van der Waals surface area contributed by atoms with Gasteiger partial charge in [0.05, 0.1) is 10.9 Å². The van der Waals surface area contributed by atoms with Crippen LogP contribution >= 0.6 is 22.9 Å². The third-order valence-electron chi connectivity index (χ3n) is 4.41. The van der Waals surface area contributed by atoms with Gasteiger partial charge < -0.3 is 10.2 Å². The fourth-order valence-electron chi connectivity index (χ4n) is 2.71. The molecule has 26 heavy (non-hydrogen) atoms. The standard InChI is InChI=1S/C20H28ClN3OS/c1-4-23(5-2)14-17-9-7-16(8-10-17)13-22-20(25)24(6-3)15-18-11-12-19(21)26-18/h7-12H,4-6,13-15H2,1-3H3,(H,22,25). The zero-order valence-corrected chi connectivity index (χ0v) is 17.4. The van der Waals surface area contributed by atoms with Crippen molar-refractivity contribution in [3.05, 3.63) is 56.7 Å². The van der Waals surface area contributed by atoms with Crippen LogP contribution in [0.15, 0.2) is 36.4 Å². The van der Waals surface area contributed by atoms with E-state index >= 15 is 0 Å². The van der Waals surface area contributed by atoms with Crippen molar-refractivity contribution in [1.82, 2.24) is 15.1 Å². The van der Waals surface area contributed by atoms with E-state index in [1.807, 2.05) is 19.1 Å². The summed E-state index contributed by atoms with van der Waals surface area (Å²) in [7, 11) is 0. The summed E-state index contributed by atoms with van der Waals surface area (Å²) in [6, 6.07) is 12.3. The number of nitrogens with zero attached hydrogens (tertiary/aromatic N) is 2. The molecule has 1 N–H and O–H groups in total. The zero-order valence-electron chi connectivity index (χ0n) is 15.8. The van der Waals surface area contributed by atoms with Crippen LogP contribution in [-0.4, -0.2) is 35.5 Å². The number of amides is 2. The van der Waals surface area contributed by atoms with Gasteiger partial charge in [0.2, 0.25) is 0 Å². The maximum atomic E-state index is 12.4. The summed E-state index contributed by atoms with van der Waals surface area (Å²) >= 11 is 7.48. The van der Waals surface area contributed by atoms with Gasteiger partial charge in [0.1, 0.15) is 0 Å². The average molecular weight is 394 g/mol. The minimum Gasteiger partial charge on any atom is -0.334 e. The fraction of sp³-hybridized carbons (Fsp3) is 0.450. The molecular formula is C20H28ClN3OS. The van der Waals surface area contributed by atoms with E-state index in [0.29, 0.717) is 19.6 Å². The Balaban J connectivity index is 1.85. The zero-order chi connectivity index (χ0) is 18.9. The Morgan fingerprint density at radius 3 is 2.15 bits per heavy atom. The van der Waals surface area contributed by atoms with Crippen LogP contribution in [0.5, 0.6) is 0 Å². The second kappa shape index (κ2) is 10.6. The Bertz CT molecular complexity index is 683. The average Bonchev–Trinajstić information content (AvgIpc) is 3.08. The Morgan fingerprint density at radius 1 is 0.962 bits per heavy atom. The normalized spacial score (nSPS) is 11.0. The van der Waals surface area contributed by atoms with Crippen LogP contribution in [0, 0.1) is 0 Å². The van der Waals surface area contributed by atoms with Crippen LogP contribution in [0.1, 0.15) is 36.8 Å². The van der Waals surface area contributed by atoms with Crippen molar-refractivity contribution in [2.45, 2.75) is 40.4 Å². The summed E-state index contributed by atoms with van der Waals surface area (Å²) in [5, 5.41) is 3.01. The number of benzene rings is 1. The molecule has 0 unspecified atom stereocenters. The predicted octanol–water partition coefficient (Wildman–Crippen LogP) is 4.98. The molecule has 0 bridgehead atoms. The Labute approximate surface area is 165 Å². The SMILES string of the molecule is CCN(CC)Cc1ccc(CNC(=O)N(CC)Cc2ccc(Cl)s2)cc1. The second-order valence-electron chi connectivity index (χ2n) is 6.16. The number of carbonyl (C=O) groups excluding carboxylic acids is 1. The van der Waals surface area contributed by atoms with Gasteiger partial charge in [0.15, 0.2) is 0 Å². The predicted molar refractivity (Wildman–Crippen MR) is 111 cm³/mol. The first-order chi connectivity index (χ1) is 12.5. The maximum absolute atomic E-state index is 12.4. The number of urea groups is 1. The molecule has 2 aromatic rings. The molecule has 0 aliphatic heterocycles. The van der Waals surface area contributed by atoms with Crippen molar-refractivity contribution in [3.8, 4) is 0 Å². The topological polar surface area (TPSA) is 35.6 Å². The summed E-state index contributed by atoms with van der Waals surface area (Å²) in [5.74, 6) is 0. The molecule has 0 atom stereocenters. The molecule has 1 aromatic heterocycles. The van der Waals surface area contributed by atoms with Crippen LogP contribution in [0.25, 0.3) is 0 Å². The van der Waals surface area contributed by atoms with E-state index < -0.39 is 0 Å². The minimum atomic E-state index is -0.0516. The first-order valence-electron chi connectivity index (χ1n) is 9.12. The Morgan fingerprint density at radius 2 is 1.62 bits per heavy atom. The molecule has 2 amide bonds. The maximum Gasteiger partial charge on any atom is 0.317 e.